The van der Waals surface area contributed by atoms with E-state index < -0.39 is 0 Å². The predicted molar refractivity (Wildman–Crippen MR) is 153 cm³/mol. The number of carbonyl (C=O) groups is 1. The summed E-state index contributed by atoms with van der Waals surface area (Å²) >= 11 is 0. The van der Waals surface area contributed by atoms with Crippen LogP contribution < -0.4 is 20.5 Å². The van der Waals surface area contributed by atoms with Gasteiger partial charge in [0, 0.05) is 28.6 Å². The summed E-state index contributed by atoms with van der Waals surface area (Å²) in [6.07, 6.45) is 1.43. The number of nitrogens with one attached hydrogen (secondary N) is 2. The molecule has 0 saturated heterocycles. The van der Waals surface area contributed by atoms with Gasteiger partial charge in [-0.2, -0.15) is 0 Å². The second kappa shape index (κ2) is 10.7. The Kier molecular flexibility index (Phi) is 6.96. The van der Waals surface area contributed by atoms with Gasteiger partial charge in [0.1, 0.15) is 17.8 Å². The van der Waals surface area contributed by atoms with Crippen molar-refractivity contribution >= 4 is 28.4 Å². The Labute approximate surface area is 225 Å². The number of nitrogens with two attached hydrogens (primary N) is 1. The lowest BCUT2D eigenvalue weighted by Gasteiger charge is -2.14. The van der Waals surface area contributed by atoms with Gasteiger partial charge in [-0.25, -0.2) is 15.0 Å². The number of carbonyl (C=O) groups excluding carboxylic acids is 1. The van der Waals surface area contributed by atoms with Gasteiger partial charge in [-0.15, -0.1) is 0 Å². The monoisotopic (exact) mass is 520 g/mol. The van der Waals surface area contributed by atoms with Gasteiger partial charge in [-0.3, -0.25) is 4.79 Å². The van der Waals surface area contributed by atoms with Crippen molar-refractivity contribution in [1.82, 2.24) is 19.9 Å². The van der Waals surface area contributed by atoms with Crippen LogP contribution in [0.15, 0.2) is 79.1 Å². The van der Waals surface area contributed by atoms with Gasteiger partial charge in [-0.05, 0) is 62.2 Å². The first-order valence-corrected chi connectivity index (χ1v) is 12.4. The van der Waals surface area contributed by atoms with Gasteiger partial charge >= 0.3 is 0 Å². The highest BCUT2D eigenvalue weighted by molar-refractivity contribution is 6.07. The van der Waals surface area contributed by atoms with Crippen molar-refractivity contribution in [3.05, 3.63) is 84.8 Å². The third-order valence-corrected chi connectivity index (χ3v) is 6.05. The summed E-state index contributed by atoms with van der Waals surface area (Å²) in [6, 6.07) is 18.8. The van der Waals surface area contributed by atoms with Crippen molar-refractivity contribution in [3.8, 4) is 39.8 Å². The predicted octanol–water partition coefficient (Wildman–Crippen LogP) is 6.28. The van der Waals surface area contributed by atoms with Crippen LogP contribution >= 0.6 is 0 Å². The highest BCUT2D eigenvalue weighted by atomic mass is 16.5. The molecule has 39 heavy (non-hydrogen) atoms. The van der Waals surface area contributed by atoms with Crippen LogP contribution in [0.3, 0.4) is 0 Å². The molecule has 3 aromatic heterocycles. The van der Waals surface area contributed by atoms with Crippen molar-refractivity contribution < 1.29 is 14.3 Å². The molecule has 9 nitrogen and oxygen atoms in total. The van der Waals surface area contributed by atoms with Gasteiger partial charge in [0.2, 0.25) is 5.88 Å². The number of amides is 1. The summed E-state index contributed by atoms with van der Waals surface area (Å²) in [5, 5.41) is 3.52. The van der Waals surface area contributed by atoms with E-state index in [2.05, 4.69) is 31.8 Å². The third-order valence-electron chi connectivity index (χ3n) is 6.05. The van der Waals surface area contributed by atoms with E-state index in [-0.39, 0.29) is 5.91 Å². The number of rotatable bonds is 8. The van der Waals surface area contributed by atoms with E-state index in [9.17, 15) is 4.79 Å². The number of nitrogen functional groups attached to an aromatic ring is 1. The number of hydrogen-bond donors (Lipinski definition) is 3. The number of H-pyrrole nitrogens is 1. The number of benzene rings is 2. The molecule has 4 N–H and O–H groups in total. The number of nitrogens with zero attached hydrogens (tertiary/aromatic N) is 3. The van der Waals surface area contributed by atoms with E-state index >= 15 is 0 Å². The molecule has 0 aliphatic heterocycles. The third kappa shape index (κ3) is 5.28. The number of aryl methyl sites for hydroxylation is 1. The molecule has 0 aliphatic carbocycles. The second-order valence-corrected chi connectivity index (χ2v) is 8.98. The quantitative estimate of drug-likeness (QED) is 0.205. The van der Waals surface area contributed by atoms with Crippen LogP contribution in [0.5, 0.6) is 17.4 Å². The zero-order chi connectivity index (χ0) is 27.5. The Morgan fingerprint density at radius 1 is 1.05 bits per heavy atom. The van der Waals surface area contributed by atoms with E-state index in [1.807, 2.05) is 68.4 Å². The molecule has 196 valence electrons. The Morgan fingerprint density at radius 3 is 2.54 bits per heavy atom. The first kappa shape index (κ1) is 25.5. The van der Waals surface area contributed by atoms with Crippen molar-refractivity contribution in [2.45, 2.75) is 20.8 Å². The molecule has 0 atom stereocenters. The summed E-state index contributed by atoms with van der Waals surface area (Å²) in [4.78, 5) is 28.5. The topological polar surface area (TPSA) is 128 Å². The fraction of sp³-hybridized carbons (Fsp3) is 0.133. The lowest BCUT2D eigenvalue weighted by molar-refractivity contribution is -0.112. The van der Waals surface area contributed by atoms with Gasteiger partial charge < -0.3 is 25.5 Å². The van der Waals surface area contributed by atoms with Crippen molar-refractivity contribution in [2.24, 2.45) is 0 Å². The molecule has 3 heterocycles. The summed E-state index contributed by atoms with van der Waals surface area (Å²) in [7, 11) is 0. The molecule has 0 spiro atoms. The molecule has 1 amide bonds. The minimum atomic E-state index is -0.233. The van der Waals surface area contributed by atoms with Crippen LogP contribution in [0.1, 0.15) is 19.5 Å². The van der Waals surface area contributed by atoms with Gasteiger partial charge in [0.05, 0.1) is 17.7 Å². The summed E-state index contributed by atoms with van der Waals surface area (Å²) < 4.78 is 12.0. The van der Waals surface area contributed by atoms with Crippen LogP contribution in [0.4, 0.5) is 11.5 Å². The maximum atomic E-state index is 12.0. The summed E-state index contributed by atoms with van der Waals surface area (Å²) in [6.45, 7) is 9.62. The number of fused-ring (bicyclic) bond motifs is 1. The van der Waals surface area contributed by atoms with E-state index in [1.54, 1.807) is 13.0 Å². The molecule has 0 radical (unpaired) electrons. The molecule has 5 aromatic rings. The first-order chi connectivity index (χ1) is 18.8. The van der Waals surface area contributed by atoms with Crippen LogP contribution in [0, 0.1) is 6.92 Å². The zero-order valence-electron chi connectivity index (χ0n) is 21.9. The molecule has 2 aromatic carbocycles. The molecular weight excluding hydrogens is 492 g/mol. The molecule has 9 heteroatoms. The Morgan fingerprint density at radius 2 is 1.82 bits per heavy atom. The summed E-state index contributed by atoms with van der Waals surface area (Å²) in [5.74, 6) is 1.70. The second-order valence-electron chi connectivity index (χ2n) is 8.98. The molecule has 0 saturated carbocycles. The van der Waals surface area contributed by atoms with Crippen LogP contribution in [0.2, 0.25) is 0 Å². The maximum Gasteiger partial charge on any atom is 0.250 e. The minimum absolute atomic E-state index is 0.233. The van der Waals surface area contributed by atoms with E-state index in [1.165, 1.54) is 6.33 Å². The fourth-order valence-electron chi connectivity index (χ4n) is 4.21. The lowest BCUT2D eigenvalue weighted by Crippen LogP contribution is -2.11. The normalized spacial score (nSPS) is 10.8. The van der Waals surface area contributed by atoms with Crippen LogP contribution in [-0.4, -0.2) is 32.4 Å². The average molecular weight is 521 g/mol. The number of pyridine rings is 1. The number of aromatic nitrogens is 4. The SMILES string of the molecule is C=C(C)C(=O)Nc1ccc(-c2[nH]c3ncnc(N)c3c2-c2ccc(Oc3cccc(C)n3)c(OCC)c2)cc1. The Balaban J connectivity index is 1.60. The Bertz CT molecular complexity index is 1690. The zero-order valence-corrected chi connectivity index (χ0v) is 21.9. The van der Waals surface area contributed by atoms with Crippen molar-refractivity contribution in [3.63, 3.8) is 0 Å². The number of ether oxygens (including phenoxy) is 2. The standard InChI is InChI=1S/C30H28N6O3/c1-5-38-23-15-20(11-14-22(23)39-24-8-6-7-18(4)34-24)25-26-28(31)32-16-33-29(26)36-27(25)19-9-12-21(13-10-19)35-30(37)17(2)3/h6-16H,2,5H2,1,3-4H3,(H,35,37)(H3,31,32,33,36). The number of hydrogen-bond acceptors (Lipinski definition) is 7. The average Bonchev–Trinajstić information content (AvgIpc) is 3.31. The highest BCUT2D eigenvalue weighted by Crippen LogP contribution is 2.43. The lowest BCUT2D eigenvalue weighted by atomic mass is 9.98. The van der Waals surface area contributed by atoms with E-state index in [4.69, 9.17) is 15.2 Å². The molecule has 0 bridgehead atoms. The van der Waals surface area contributed by atoms with Crippen molar-refractivity contribution in [2.75, 3.05) is 17.7 Å². The van der Waals surface area contributed by atoms with E-state index in [0.29, 0.717) is 52.1 Å². The van der Waals surface area contributed by atoms with Gasteiger partial charge in [0.15, 0.2) is 11.5 Å². The molecule has 0 unspecified atom stereocenters. The molecule has 5 rings (SSSR count). The molecular formula is C30H28N6O3. The molecule has 0 fully saturated rings. The maximum absolute atomic E-state index is 12.0. The van der Waals surface area contributed by atoms with Crippen LogP contribution in [-0.2, 0) is 4.79 Å². The number of aromatic amines is 1. The fourth-order valence-corrected chi connectivity index (χ4v) is 4.21. The highest BCUT2D eigenvalue weighted by Gasteiger charge is 2.21. The van der Waals surface area contributed by atoms with Crippen LogP contribution in [0.25, 0.3) is 33.4 Å². The smallest absolute Gasteiger partial charge is 0.250 e. The van der Waals surface area contributed by atoms with Crippen molar-refractivity contribution in [1.29, 1.82) is 0 Å². The van der Waals surface area contributed by atoms with E-state index in [0.717, 1.165) is 28.1 Å². The Hall–Kier alpha value is -5.18. The minimum Gasteiger partial charge on any atom is -0.490 e. The number of anilines is 2. The van der Waals surface area contributed by atoms with Gasteiger partial charge in [-0.1, -0.05) is 30.8 Å². The largest absolute Gasteiger partial charge is 0.490 e. The first-order valence-electron chi connectivity index (χ1n) is 12.4. The summed E-state index contributed by atoms with van der Waals surface area (Å²) in [5.41, 5.74) is 12.2. The molecule has 0 aliphatic rings. The van der Waals surface area contributed by atoms with Gasteiger partial charge in [0.25, 0.3) is 5.91 Å².